The largest absolute Gasteiger partial charge is 0.482 e. The molecule has 0 unspecified atom stereocenters. The zero-order valence-corrected chi connectivity index (χ0v) is 12.6. The number of benzene rings is 2. The molecule has 24 heavy (non-hydrogen) atoms. The Morgan fingerprint density at radius 3 is 2.38 bits per heavy atom. The maximum atomic E-state index is 13.4. The molecule has 0 fully saturated rings. The summed E-state index contributed by atoms with van der Waals surface area (Å²) in [6, 6.07) is 11.1. The Kier molecular flexibility index (Phi) is 6.24. The first-order chi connectivity index (χ1) is 11.5. The summed E-state index contributed by atoms with van der Waals surface area (Å²) in [5, 5.41) is 2.44. The third-order valence-electron chi connectivity index (χ3n) is 2.97. The summed E-state index contributed by atoms with van der Waals surface area (Å²) in [6.45, 7) is -0.915. The lowest BCUT2D eigenvalue weighted by Crippen LogP contribution is -2.29. The summed E-state index contributed by atoms with van der Waals surface area (Å²) in [6.07, 6.45) is 0. The van der Waals surface area contributed by atoms with E-state index in [1.807, 2.05) is 0 Å². The topological polar surface area (TPSA) is 64.6 Å². The van der Waals surface area contributed by atoms with Gasteiger partial charge < -0.3 is 14.8 Å². The van der Waals surface area contributed by atoms with E-state index < -0.39 is 36.7 Å². The predicted octanol–water partition coefficient (Wildman–Crippen LogP) is 2.20. The van der Waals surface area contributed by atoms with Crippen molar-refractivity contribution in [3.63, 3.8) is 0 Å². The fourth-order valence-electron chi connectivity index (χ4n) is 1.75. The van der Waals surface area contributed by atoms with Crippen LogP contribution in [0.1, 0.15) is 5.56 Å². The highest BCUT2D eigenvalue weighted by Gasteiger charge is 2.09. The van der Waals surface area contributed by atoms with E-state index in [0.717, 1.165) is 0 Å². The van der Waals surface area contributed by atoms with Gasteiger partial charge in [-0.25, -0.2) is 13.6 Å². The number of carbonyl (C=O) groups is 2. The molecule has 0 bridgehead atoms. The molecule has 2 rings (SSSR count). The average molecular weight is 335 g/mol. The van der Waals surface area contributed by atoms with Crippen molar-refractivity contribution in [2.75, 3.05) is 13.2 Å². The third kappa shape index (κ3) is 5.68. The first kappa shape index (κ1) is 17.4. The van der Waals surface area contributed by atoms with Crippen LogP contribution in [0, 0.1) is 11.6 Å². The molecule has 0 heterocycles. The predicted molar refractivity (Wildman–Crippen MR) is 81.1 cm³/mol. The van der Waals surface area contributed by atoms with Gasteiger partial charge in [-0.15, -0.1) is 0 Å². The summed E-state index contributed by atoms with van der Waals surface area (Å²) in [5.41, 5.74) is 0.330. The zero-order chi connectivity index (χ0) is 17.4. The number of hydrogen-bond acceptors (Lipinski definition) is 4. The van der Waals surface area contributed by atoms with E-state index in [1.165, 1.54) is 36.4 Å². The van der Waals surface area contributed by atoms with Crippen LogP contribution in [0.2, 0.25) is 0 Å². The first-order valence-electron chi connectivity index (χ1n) is 7.08. The van der Waals surface area contributed by atoms with Crippen LogP contribution >= 0.6 is 0 Å². The Labute approximate surface area is 137 Å². The molecule has 5 nitrogen and oxygen atoms in total. The van der Waals surface area contributed by atoms with Gasteiger partial charge in [0, 0.05) is 12.1 Å². The second-order valence-corrected chi connectivity index (χ2v) is 4.77. The van der Waals surface area contributed by atoms with Crippen molar-refractivity contribution >= 4 is 11.9 Å². The van der Waals surface area contributed by atoms with Crippen molar-refractivity contribution in [1.29, 1.82) is 0 Å². The summed E-state index contributed by atoms with van der Waals surface area (Å²) in [4.78, 5) is 23.0. The second-order valence-electron chi connectivity index (χ2n) is 4.77. The normalized spacial score (nSPS) is 10.1. The quantitative estimate of drug-likeness (QED) is 0.788. The van der Waals surface area contributed by atoms with E-state index in [1.54, 1.807) is 12.1 Å². The lowest BCUT2D eigenvalue weighted by molar-refractivity contribution is -0.150. The number of esters is 1. The number of carbonyl (C=O) groups excluding carboxylic acids is 2. The van der Waals surface area contributed by atoms with Gasteiger partial charge in [0.25, 0.3) is 5.91 Å². The molecule has 1 N–H and O–H groups in total. The Hall–Kier alpha value is -2.96. The number of rotatable bonds is 7. The van der Waals surface area contributed by atoms with Crippen LogP contribution in [0.3, 0.4) is 0 Å². The lowest BCUT2D eigenvalue weighted by atomic mass is 10.2. The number of ether oxygens (including phenoxy) is 2. The van der Waals surface area contributed by atoms with E-state index in [4.69, 9.17) is 9.47 Å². The Morgan fingerprint density at radius 2 is 1.67 bits per heavy atom. The molecule has 2 aromatic rings. The highest BCUT2D eigenvalue weighted by Crippen LogP contribution is 2.10. The maximum absolute atomic E-state index is 13.4. The molecule has 7 heteroatoms. The zero-order valence-electron chi connectivity index (χ0n) is 12.6. The van der Waals surface area contributed by atoms with Crippen LogP contribution in [0.4, 0.5) is 8.78 Å². The fourth-order valence-corrected chi connectivity index (χ4v) is 1.75. The molecule has 0 spiro atoms. The smallest absolute Gasteiger partial charge is 0.344 e. The molecule has 0 radical (unpaired) electrons. The molecular weight excluding hydrogens is 320 g/mol. The summed E-state index contributed by atoms with van der Waals surface area (Å²) >= 11 is 0. The molecule has 0 aromatic heterocycles. The van der Waals surface area contributed by atoms with Gasteiger partial charge in [0.15, 0.2) is 13.2 Å². The maximum Gasteiger partial charge on any atom is 0.344 e. The number of halogens is 2. The molecule has 0 saturated carbocycles. The number of hydrogen-bond donors (Lipinski definition) is 1. The van der Waals surface area contributed by atoms with Gasteiger partial charge in [-0.3, -0.25) is 4.79 Å². The van der Waals surface area contributed by atoms with Crippen LogP contribution < -0.4 is 10.1 Å². The minimum Gasteiger partial charge on any atom is -0.482 e. The van der Waals surface area contributed by atoms with Crippen molar-refractivity contribution < 1.29 is 27.8 Å². The van der Waals surface area contributed by atoms with Gasteiger partial charge in [0.2, 0.25) is 0 Å². The molecule has 0 aliphatic carbocycles. The first-order valence-corrected chi connectivity index (χ1v) is 7.08. The van der Waals surface area contributed by atoms with Crippen LogP contribution in [-0.4, -0.2) is 25.1 Å². The third-order valence-corrected chi connectivity index (χ3v) is 2.97. The number of amides is 1. The Bertz CT molecular complexity index is 704. The molecular formula is C17H15F2NO4. The van der Waals surface area contributed by atoms with Crippen LogP contribution in [0.25, 0.3) is 0 Å². The van der Waals surface area contributed by atoms with Crippen molar-refractivity contribution in [2.24, 2.45) is 0 Å². The van der Waals surface area contributed by atoms with E-state index >= 15 is 0 Å². The molecule has 0 aliphatic heterocycles. The van der Waals surface area contributed by atoms with Gasteiger partial charge in [-0.05, 0) is 30.3 Å². The monoisotopic (exact) mass is 335 g/mol. The van der Waals surface area contributed by atoms with E-state index in [9.17, 15) is 18.4 Å². The van der Waals surface area contributed by atoms with Crippen molar-refractivity contribution in [3.05, 3.63) is 65.7 Å². The molecule has 1 amide bonds. The van der Waals surface area contributed by atoms with Crippen molar-refractivity contribution in [2.45, 2.75) is 6.54 Å². The highest BCUT2D eigenvalue weighted by atomic mass is 19.1. The standard InChI is InChI=1S/C17H15F2NO4/c18-13-5-7-14(8-6-13)23-11-17(22)24-10-16(21)20-9-12-3-1-2-4-15(12)19/h1-8H,9-11H2,(H,20,21). The molecule has 0 saturated heterocycles. The van der Waals surface area contributed by atoms with E-state index in [-0.39, 0.29) is 6.54 Å². The van der Waals surface area contributed by atoms with E-state index in [2.05, 4.69) is 5.32 Å². The minimum absolute atomic E-state index is 0.00482. The highest BCUT2D eigenvalue weighted by molar-refractivity contribution is 5.80. The number of nitrogens with one attached hydrogen (secondary N) is 1. The van der Waals surface area contributed by atoms with Crippen LogP contribution in [-0.2, 0) is 20.9 Å². The average Bonchev–Trinajstić information content (AvgIpc) is 2.58. The SMILES string of the molecule is O=C(COC(=O)COc1ccc(F)cc1)NCc1ccccc1F. The minimum atomic E-state index is -0.750. The lowest BCUT2D eigenvalue weighted by Gasteiger charge is -2.08. The Balaban J connectivity index is 1.66. The van der Waals surface area contributed by atoms with E-state index in [0.29, 0.717) is 11.3 Å². The second kappa shape index (κ2) is 8.61. The van der Waals surface area contributed by atoms with Gasteiger partial charge >= 0.3 is 5.97 Å². The summed E-state index contributed by atoms with van der Waals surface area (Å²) in [5.74, 6) is -1.86. The van der Waals surface area contributed by atoms with Crippen molar-refractivity contribution in [3.8, 4) is 5.75 Å². The molecule has 0 atom stereocenters. The summed E-state index contributed by atoms with van der Waals surface area (Å²) in [7, 11) is 0. The van der Waals surface area contributed by atoms with Gasteiger partial charge in [-0.2, -0.15) is 0 Å². The fraction of sp³-hybridized carbons (Fsp3) is 0.176. The van der Waals surface area contributed by atoms with Gasteiger partial charge in [0.1, 0.15) is 17.4 Å². The Morgan fingerprint density at radius 1 is 0.958 bits per heavy atom. The molecule has 2 aromatic carbocycles. The van der Waals surface area contributed by atoms with Crippen LogP contribution in [0.5, 0.6) is 5.75 Å². The molecule has 126 valence electrons. The van der Waals surface area contributed by atoms with Crippen molar-refractivity contribution in [1.82, 2.24) is 5.32 Å². The van der Waals surface area contributed by atoms with Gasteiger partial charge in [0.05, 0.1) is 0 Å². The van der Waals surface area contributed by atoms with Gasteiger partial charge in [-0.1, -0.05) is 18.2 Å². The molecule has 0 aliphatic rings. The van der Waals surface area contributed by atoms with Crippen LogP contribution in [0.15, 0.2) is 48.5 Å². The summed E-state index contributed by atoms with van der Waals surface area (Å²) < 4.78 is 35.9.